The molecule has 0 aliphatic carbocycles. The van der Waals surface area contributed by atoms with Crippen LogP contribution in [0.15, 0.2) is 67.0 Å². The number of pyridine rings is 1. The molecule has 1 atom stereocenters. The van der Waals surface area contributed by atoms with E-state index in [9.17, 15) is 34.8 Å². The number of amides is 1. The van der Waals surface area contributed by atoms with Crippen molar-refractivity contribution < 1.29 is 49.0 Å². The maximum Gasteiger partial charge on any atom is 0.326 e. The number of primary amides is 1. The number of hydrogen-bond donors (Lipinski definition) is 6. The number of aliphatic hydroxyl groups excluding tert-OH is 2. The third-order valence-corrected chi connectivity index (χ3v) is 11.2. The summed E-state index contributed by atoms with van der Waals surface area (Å²) in [6.07, 6.45) is 4.51. The molecule has 0 radical (unpaired) electrons. The second-order valence-electron chi connectivity index (χ2n) is 14.9. The predicted molar refractivity (Wildman–Crippen MR) is 217 cm³/mol. The van der Waals surface area contributed by atoms with Gasteiger partial charge in [-0.15, -0.1) is 0 Å². The van der Waals surface area contributed by atoms with Crippen molar-refractivity contribution in [1.82, 2.24) is 15.2 Å². The molecule has 2 heterocycles. The maximum absolute atomic E-state index is 11.8. The van der Waals surface area contributed by atoms with Crippen molar-refractivity contribution in [2.45, 2.75) is 65.3 Å². The first-order valence-electron chi connectivity index (χ1n) is 19.0. The molecule has 15 heteroatoms. The van der Waals surface area contributed by atoms with E-state index in [2.05, 4.69) is 15.2 Å². The molecular formula is C43H51ClN4O10. The van der Waals surface area contributed by atoms with E-state index >= 15 is 0 Å². The standard InChI is InChI=1S/C43H51ClN4O10/c1-27-30(7-4-8-33(27)34-9-5-10-36(28(34)2)56-16-6-13-48-14-11-43(26-50,12-15-48)41(54)55)24-58-38-19-37(57-23-29-17-32(39(45)51)21-46-20-29)31(18-35(38)44)22-47-42(3,25-49)40(52)53/h4-5,7-10,17-21,47,49-50H,6,11-16,22-26H2,1-3H3,(H2,45,51)(H,52,53)(H,54,55)/t42-/m0/s1. The number of nitrogens with two attached hydrogens (primary N) is 1. The zero-order valence-corrected chi connectivity index (χ0v) is 33.7. The molecule has 1 aliphatic heterocycles. The number of rotatable bonds is 20. The van der Waals surface area contributed by atoms with Gasteiger partial charge in [0, 0.05) is 42.7 Å². The van der Waals surface area contributed by atoms with Gasteiger partial charge in [0.05, 0.1) is 35.8 Å². The van der Waals surface area contributed by atoms with Crippen molar-refractivity contribution in [1.29, 1.82) is 0 Å². The van der Waals surface area contributed by atoms with Crippen LogP contribution >= 0.6 is 11.6 Å². The highest BCUT2D eigenvalue weighted by atomic mass is 35.5. The summed E-state index contributed by atoms with van der Waals surface area (Å²) in [6, 6.07) is 16.7. The van der Waals surface area contributed by atoms with Gasteiger partial charge in [-0.05, 0) is 99.1 Å². The Labute approximate surface area is 342 Å². The summed E-state index contributed by atoms with van der Waals surface area (Å²) < 4.78 is 18.7. The predicted octanol–water partition coefficient (Wildman–Crippen LogP) is 5.13. The molecule has 1 fully saturated rings. The second kappa shape index (κ2) is 19.5. The summed E-state index contributed by atoms with van der Waals surface area (Å²) in [4.78, 5) is 41.5. The number of ether oxygens (including phenoxy) is 3. The normalized spacial score (nSPS) is 15.0. The van der Waals surface area contributed by atoms with E-state index in [0.29, 0.717) is 55.2 Å². The van der Waals surface area contributed by atoms with Crippen LogP contribution in [0, 0.1) is 19.3 Å². The third-order valence-electron chi connectivity index (χ3n) is 10.9. The van der Waals surface area contributed by atoms with Crippen LogP contribution < -0.4 is 25.3 Å². The fraction of sp³-hybridized carbons (Fsp3) is 0.395. The smallest absolute Gasteiger partial charge is 0.326 e. The molecule has 1 amide bonds. The van der Waals surface area contributed by atoms with E-state index in [1.165, 1.54) is 19.3 Å². The SMILES string of the molecule is Cc1c(COc2cc(OCc3cncc(C(N)=O)c3)c(CN[C@@](C)(CO)C(=O)O)cc2Cl)cccc1-c1cccc(OCCCN2CCC(CO)(C(=O)O)CC2)c1C. The molecule has 0 saturated carbocycles. The summed E-state index contributed by atoms with van der Waals surface area (Å²) in [5.74, 6) is -1.37. The minimum Gasteiger partial charge on any atom is -0.493 e. The average molecular weight is 819 g/mol. The van der Waals surface area contributed by atoms with Crippen molar-refractivity contribution in [3.8, 4) is 28.4 Å². The first kappa shape index (κ1) is 43.9. The summed E-state index contributed by atoms with van der Waals surface area (Å²) in [7, 11) is 0. The molecule has 58 heavy (non-hydrogen) atoms. The molecule has 4 aromatic rings. The van der Waals surface area contributed by atoms with Crippen molar-refractivity contribution in [2.24, 2.45) is 11.1 Å². The Balaban J connectivity index is 1.28. The van der Waals surface area contributed by atoms with Crippen LogP contribution in [0.5, 0.6) is 17.2 Å². The molecular weight excluding hydrogens is 768 g/mol. The summed E-state index contributed by atoms with van der Waals surface area (Å²) >= 11 is 6.73. The van der Waals surface area contributed by atoms with Gasteiger partial charge in [-0.25, -0.2) is 0 Å². The number of carbonyl (C=O) groups is 3. The number of hydrogen-bond acceptors (Lipinski definition) is 11. The van der Waals surface area contributed by atoms with Gasteiger partial charge in [-0.3, -0.25) is 24.7 Å². The molecule has 0 spiro atoms. The Morgan fingerprint density at radius 2 is 1.59 bits per heavy atom. The average Bonchev–Trinajstić information content (AvgIpc) is 3.21. The van der Waals surface area contributed by atoms with E-state index < -0.39 is 35.4 Å². The summed E-state index contributed by atoms with van der Waals surface area (Å²) in [5.41, 5.74) is 8.98. The van der Waals surface area contributed by atoms with Crippen LogP contribution in [-0.2, 0) is 29.3 Å². The van der Waals surface area contributed by atoms with Gasteiger partial charge in [0.25, 0.3) is 0 Å². The number of carboxylic acid groups (broad SMARTS) is 2. The number of piperidine rings is 1. The van der Waals surface area contributed by atoms with Gasteiger partial charge < -0.3 is 45.3 Å². The number of aromatic nitrogens is 1. The number of carboxylic acids is 2. The number of benzene rings is 3. The number of aliphatic carboxylic acids is 2. The Hall–Kier alpha value is -5.25. The zero-order valence-electron chi connectivity index (χ0n) is 32.9. The fourth-order valence-electron chi connectivity index (χ4n) is 6.78. The van der Waals surface area contributed by atoms with Crippen LogP contribution in [-0.4, -0.2) is 93.1 Å². The van der Waals surface area contributed by atoms with Crippen molar-refractivity contribution in [2.75, 3.05) is 39.5 Å². The highest BCUT2D eigenvalue weighted by molar-refractivity contribution is 6.32. The van der Waals surface area contributed by atoms with Gasteiger partial charge in [0.2, 0.25) is 5.91 Å². The fourth-order valence-corrected chi connectivity index (χ4v) is 7.02. The van der Waals surface area contributed by atoms with Gasteiger partial charge in [-0.2, -0.15) is 0 Å². The maximum atomic E-state index is 11.8. The minimum atomic E-state index is -1.62. The molecule has 7 N–H and O–H groups in total. The zero-order chi connectivity index (χ0) is 42.0. The number of nitrogens with one attached hydrogen (secondary N) is 1. The number of aliphatic hydroxyl groups is 2. The lowest BCUT2D eigenvalue weighted by atomic mass is 9.79. The highest BCUT2D eigenvalue weighted by Crippen LogP contribution is 2.37. The first-order chi connectivity index (χ1) is 27.7. The lowest BCUT2D eigenvalue weighted by molar-refractivity contribution is -0.155. The molecule has 1 aromatic heterocycles. The van der Waals surface area contributed by atoms with Crippen LogP contribution in [0.3, 0.4) is 0 Å². The highest BCUT2D eigenvalue weighted by Gasteiger charge is 2.41. The van der Waals surface area contributed by atoms with E-state index in [1.807, 2.05) is 50.2 Å². The van der Waals surface area contributed by atoms with Crippen LogP contribution in [0.25, 0.3) is 11.1 Å². The third kappa shape index (κ3) is 10.4. The van der Waals surface area contributed by atoms with Gasteiger partial charge in [-0.1, -0.05) is 41.9 Å². The van der Waals surface area contributed by atoms with E-state index in [1.54, 1.807) is 18.2 Å². The van der Waals surface area contributed by atoms with E-state index in [0.717, 1.165) is 46.5 Å². The van der Waals surface area contributed by atoms with Crippen LogP contribution in [0.1, 0.15) is 64.4 Å². The van der Waals surface area contributed by atoms with Crippen LogP contribution in [0.2, 0.25) is 5.02 Å². The first-order valence-corrected chi connectivity index (χ1v) is 19.4. The van der Waals surface area contributed by atoms with E-state index in [-0.39, 0.29) is 37.0 Å². The Morgan fingerprint density at radius 3 is 2.24 bits per heavy atom. The molecule has 14 nitrogen and oxygen atoms in total. The quantitative estimate of drug-likeness (QED) is 0.0640. The monoisotopic (exact) mass is 818 g/mol. The van der Waals surface area contributed by atoms with Crippen molar-refractivity contribution in [3.63, 3.8) is 0 Å². The number of likely N-dealkylation sites (tertiary alicyclic amines) is 1. The molecule has 1 saturated heterocycles. The lowest BCUT2D eigenvalue weighted by Crippen LogP contribution is -2.52. The Kier molecular flexibility index (Phi) is 14.7. The molecule has 1 aliphatic rings. The van der Waals surface area contributed by atoms with Gasteiger partial charge in [0.1, 0.15) is 36.0 Å². The molecule has 0 bridgehead atoms. The van der Waals surface area contributed by atoms with Crippen molar-refractivity contribution in [3.05, 3.63) is 105 Å². The molecule has 310 valence electrons. The Bertz CT molecular complexity index is 2110. The minimum absolute atomic E-state index is 0.000707. The second-order valence-corrected chi connectivity index (χ2v) is 15.3. The molecule has 5 rings (SSSR count). The number of carbonyl (C=O) groups excluding carboxylic acids is 1. The molecule has 0 unspecified atom stereocenters. The van der Waals surface area contributed by atoms with E-state index in [4.69, 9.17) is 31.5 Å². The summed E-state index contributed by atoms with van der Waals surface area (Å²) in [6.45, 7) is 7.08. The van der Waals surface area contributed by atoms with Gasteiger partial charge in [0.15, 0.2) is 0 Å². The largest absolute Gasteiger partial charge is 0.493 e. The van der Waals surface area contributed by atoms with Crippen molar-refractivity contribution >= 4 is 29.4 Å². The Morgan fingerprint density at radius 1 is 0.897 bits per heavy atom. The number of halogens is 1. The topological polar surface area (TPSA) is 214 Å². The summed E-state index contributed by atoms with van der Waals surface area (Å²) in [5, 5.41) is 41.8. The lowest BCUT2D eigenvalue weighted by Gasteiger charge is -2.37. The van der Waals surface area contributed by atoms with Crippen LogP contribution in [0.4, 0.5) is 0 Å². The molecule has 3 aromatic carbocycles. The van der Waals surface area contributed by atoms with Gasteiger partial charge >= 0.3 is 11.9 Å². The number of nitrogens with zero attached hydrogens (tertiary/aromatic N) is 2.